The van der Waals surface area contributed by atoms with Crippen LogP contribution in [0.1, 0.15) is 18.4 Å². The topological polar surface area (TPSA) is 21.3 Å². The molecule has 0 aliphatic heterocycles. The summed E-state index contributed by atoms with van der Waals surface area (Å²) in [4.78, 5) is 0. The molecule has 0 unspecified atom stereocenters. The van der Waals surface area contributed by atoms with Gasteiger partial charge >= 0.3 is 0 Å². The molecule has 0 aromatic heterocycles. The third-order valence-electron chi connectivity index (χ3n) is 3.12. The molecule has 19 heavy (non-hydrogen) atoms. The molecule has 2 aromatic carbocycles. The van der Waals surface area contributed by atoms with Gasteiger partial charge in [0.25, 0.3) is 0 Å². The molecule has 2 nitrogen and oxygen atoms in total. The number of ether oxygens (including phenoxy) is 1. The average molecular weight is 318 g/mol. The van der Waals surface area contributed by atoms with Crippen LogP contribution in [0.5, 0.6) is 11.5 Å². The summed E-state index contributed by atoms with van der Waals surface area (Å²) in [6.07, 6.45) is 2.63. The highest BCUT2D eigenvalue weighted by Gasteiger charge is 2.19. The van der Waals surface area contributed by atoms with Crippen molar-refractivity contribution in [1.82, 2.24) is 5.32 Å². The van der Waals surface area contributed by atoms with E-state index in [1.54, 1.807) is 0 Å². The summed E-state index contributed by atoms with van der Waals surface area (Å²) in [6.45, 7) is 0.919. The summed E-state index contributed by atoms with van der Waals surface area (Å²) in [7, 11) is 0. The molecule has 1 N–H and O–H groups in total. The molecule has 0 radical (unpaired) electrons. The van der Waals surface area contributed by atoms with E-state index >= 15 is 0 Å². The van der Waals surface area contributed by atoms with Crippen molar-refractivity contribution in [3.05, 3.63) is 58.6 Å². The molecule has 1 saturated carbocycles. The van der Waals surface area contributed by atoms with Crippen LogP contribution in [0.15, 0.2) is 53.0 Å². The van der Waals surface area contributed by atoms with Crippen LogP contribution in [0.2, 0.25) is 0 Å². The maximum absolute atomic E-state index is 5.85. The molecule has 0 saturated heterocycles. The molecular weight excluding hydrogens is 302 g/mol. The van der Waals surface area contributed by atoms with Crippen LogP contribution < -0.4 is 10.1 Å². The van der Waals surface area contributed by atoms with Gasteiger partial charge in [-0.15, -0.1) is 0 Å². The first-order valence-corrected chi connectivity index (χ1v) is 7.35. The Labute approximate surface area is 121 Å². The van der Waals surface area contributed by atoms with Crippen molar-refractivity contribution in [1.29, 1.82) is 0 Å². The zero-order valence-electron chi connectivity index (χ0n) is 10.6. The van der Waals surface area contributed by atoms with Gasteiger partial charge in [0.2, 0.25) is 0 Å². The van der Waals surface area contributed by atoms with E-state index < -0.39 is 0 Å². The zero-order valence-corrected chi connectivity index (χ0v) is 12.2. The molecule has 2 aromatic rings. The lowest BCUT2D eigenvalue weighted by atomic mass is 10.2. The molecule has 0 amide bonds. The molecule has 3 heteroatoms. The van der Waals surface area contributed by atoms with Gasteiger partial charge in [-0.25, -0.2) is 0 Å². The standard InChI is InChI=1S/C16H16BrNO/c17-13-4-8-15(9-5-13)19-16-3-1-2-12(10-16)11-18-14-6-7-14/h1-5,8-10,14,18H,6-7,11H2. The largest absolute Gasteiger partial charge is 0.457 e. The van der Waals surface area contributed by atoms with E-state index in [0.717, 1.165) is 28.6 Å². The van der Waals surface area contributed by atoms with Gasteiger partial charge in [-0.3, -0.25) is 0 Å². The summed E-state index contributed by atoms with van der Waals surface area (Å²) >= 11 is 3.42. The van der Waals surface area contributed by atoms with E-state index in [9.17, 15) is 0 Å². The summed E-state index contributed by atoms with van der Waals surface area (Å²) in [5.74, 6) is 1.74. The maximum atomic E-state index is 5.85. The Bertz CT molecular complexity index is 549. The zero-order chi connectivity index (χ0) is 13.1. The van der Waals surface area contributed by atoms with E-state index in [1.165, 1.54) is 18.4 Å². The van der Waals surface area contributed by atoms with Crippen LogP contribution in [0.4, 0.5) is 0 Å². The van der Waals surface area contributed by atoms with E-state index in [0.29, 0.717) is 0 Å². The van der Waals surface area contributed by atoms with Crippen molar-refractivity contribution in [2.45, 2.75) is 25.4 Å². The molecule has 1 fully saturated rings. The smallest absolute Gasteiger partial charge is 0.127 e. The van der Waals surface area contributed by atoms with Gasteiger partial charge < -0.3 is 10.1 Å². The maximum Gasteiger partial charge on any atom is 0.127 e. The molecule has 98 valence electrons. The molecule has 1 aliphatic carbocycles. The van der Waals surface area contributed by atoms with Gasteiger partial charge in [-0.2, -0.15) is 0 Å². The minimum absolute atomic E-state index is 0.732. The molecule has 0 heterocycles. The van der Waals surface area contributed by atoms with Gasteiger partial charge in [-0.1, -0.05) is 28.1 Å². The number of halogens is 1. The van der Waals surface area contributed by atoms with Crippen molar-refractivity contribution >= 4 is 15.9 Å². The summed E-state index contributed by atoms with van der Waals surface area (Å²) < 4.78 is 6.91. The summed E-state index contributed by atoms with van der Waals surface area (Å²) in [5.41, 5.74) is 1.27. The Kier molecular flexibility index (Phi) is 3.85. The van der Waals surface area contributed by atoms with Gasteiger partial charge in [0.1, 0.15) is 11.5 Å². The normalized spacial score (nSPS) is 14.4. The Hall–Kier alpha value is -1.32. The second-order valence-electron chi connectivity index (χ2n) is 4.86. The fraction of sp³-hybridized carbons (Fsp3) is 0.250. The highest BCUT2D eigenvalue weighted by molar-refractivity contribution is 9.10. The van der Waals surface area contributed by atoms with Crippen LogP contribution in [0.3, 0.4) is 0 Å². The Morgan fingerprint density at radius 1 is 1.05 bits per heavy atom. The second-order valence-corrected chi connectivity index (χ2v) is 5.77. The van der Waals surface area contributed by atoms with Crippen molar-refractivity contribution in [3.8, 4) is 11.5 Å². The third kappa shape index (κ3) is 3.82. The molecule has 0 spiro atoms. The fourth-order valence-electron chi connectivity index (χ4n) is 1.91. The van der Waals surface area contributed by atoms with Crippen molar-refractivity contribution in [3.63, 3.8) is 0 Å². The fourth-order valence-corrected chi connectivity index (χ4v) is 2.17. The molecular formula is C16H16BrNO. The van der Waals surface area contributed by atoms with E-state index in [4.69, 9.17) is 4.74 Å². The quantitative estimate of drug-likeness (QED) is 0.877. The van der Waals surface area contributed by atoms with Crippen LogP contribution in [0.25, 0.3) is 0 Å². The van der Waals surface area contributed by atoms with E-state index in [2.05, 4.69) is 33.4 Å². The Morgan fingerprint density at radius 2 is 1.84 bits per heavy atom. The molecule has 0 atom stereocenters. The van der Waals surface area contributed by atoms with Crippen LogP contribution in [-0.4, -0.2) is 6.04 Å². The highest BCUT2D eigenvalue weighted by atomic mass is 79.9. The predicted molar refractivity (Wildman–Crippen MR) is 80.5 cm³/mol. The molecule has 0 bridgehead atoms. The lowest BCUT2D eigenvalue weighted by Gasteiger charge is -2.08. The minimum Gasteiger partial charge on any atom is -0.457 e. The Balaban J connectivity index is 1.66. The number of hydrogen-bond donors (Lipinski definition) is 1. The first kappa shape index (κ1) is 12.7. The number of nitrogens with one attached hydrogen (secondary N) is 1. The highest BCUT2D eigenvalue weighted by Crippen LogP contribution is 2.24. The number of hydrogen-bond acceptors (Lipinski definition) is 2. The van der Waals surface area contributed by atoms with Crippen molar-refractivity contribution < 1.29 is 4.74 Å². The Morgan fingerprint density at radius 3 is 2.58 bits per heavy atom. The van der Waals surface area contributed by atoms with Gasteiger partial charge in [-0.05, 0) is 54.8 Å². The van der Waals surface area contributed by atoms with Crippen LogP contribution >= 0.6 is 15.9 Å². The first-order chi connectivity index (χ1) is 9.29. The van der Waals surface area contributed by atoms with Crippen molar-refractivity contribution in [2.75, 3.05) is 0 Å². The first-order valence-electron chi connectivity index (χ1n) is 6.55. The SMILES string of the molecule is Brc1ccc(Oc2cccc(CNC3CC3)c2)cc1. The summed E-state index contributed by atoms with van der Waals surface area (Å²) in [5, 5.41) is 3.51. The molecule has 3 rings (SSSR count). The third-order valence-corrected chi connectivity index (χ3v) is 3.65. The average Bonchev–Trinajstić information content (AvgIpc) is 3.24. The monoisotopic (exact) mass is 317 g/mol. The van der Waals surface area contributed by atoms with Crippen LogP contribution in [-0.2, 0) is 6.54 Å². The van der Waals surface area contributed by atoms with Gasteiger partial charge in [0.05, 0.1) is 0 Å². The van der Waals surface area contributed by atoms with E-state index in [1.807, 2.05) is 36.4 Å². The second kappa shape index (κ2) is 5.76. The number of benzene rings is 2. The van der Waals surface area contributed by atoms with Crippen molar-refractivity contribution in [2.24, 2.45) is 0 Å². The minimum atomic E-state index is 0.732. The predicted octanol–water partition coefficient (Wildman–Crippen LogP) is 4.49. The lowest BCUT2D eigenvalue weighted by molar-refractivity contribution is 0.481. The molecule has 1 aliphatic rings. The number of rotatable bonds is 5. The van der Waals surface area contributed by atoms with E-state index in [-0.39, 0.29) is 0 Å². The van der Waals surface area contributed by atoms with Gasteiger partial charge in [0, 0.05) is 17.1 Å². The summed E-state index contributed by atoms with van der Waals surface area (Å²) in [6, 6.07) is 16.9. The lowest BCUT2D eigenvalue weighted by Crippen LogP contribution is -2.15. The van der Waals surface area contributed by atoms with Crippen LogP contribution in [0, 0.1) is 0 Å². The van der Waals surface area contributed by atoms with Gasteiger partial charge in [0.15, 0.2) is 0 Å².